The molecule has 1 fully saturated rings. The number of rotatable bonds is 6. The topological polar surface area (TPSA) is 49.9 Å². The van der Waals surface area contributed by atoms with Crippen molar-refractivity contribution < 1.29 is 14.3 Å². The lowest BCUT2D eigenvalue weighted by Crippen LogP contribution is -2.49. The molecule has 2 atom stereocenters. The molecule has 5 heteroatoms. The van der Waals surface area contributed by atoms with Gasteiger partial charge in [0.1, 0.15) is 0 Å². The Hall–Kier alpha value is -1.88. The van der Waals surface area contributed by atoms with Gasteiger partial charge in [-0.3, -0.25) is 9.59 Å². The Morgan fingerprint density at radius 2 is 2.08 bits per heavy atom. The Kier molecular flexibility index (Phi) is 6.37. The van der Waals surface area contributed by atoms with Gasteiger partial charge in [-0.1, -0.05) is 24.3 Å². The number of hydrogen-bond acceptors (Lipinski definition) is 3. The number of piperidine rings is 1. The SMILES string of the molecule is CCN(C)C(=O)[C@@H]1CCC(=O)N(CCOC)[C@H]1c1ccccc1C. The van der Waals surface area contributed by atoms with Crippen molar-refractivity contribution in [1.29, 1.82) is 0 Å². The molecular formula is C19H28N2O3. The Bertz CT molecular complexity index is 588. The number of benzene rings is 1. The minimum absolute atomic E-state index is 0.100. The first-order chi connectivity index (χ1) is 11.5. The van der Waals surface area contributed by atoms with E-state index in [2.05, 4.69) is 0 Å². The van der Waals surface area contributed by atoms with Crippen LogP contribution in [0.1, 0.15) is 36.9 Å². The minimum Gasteiger partial charge on any atom is -0.383 e. The second-order valence-electron chi connectivity index (χ2n) is 6.38. The number of ether oxygens (including phenoxy) is 1. The molecule has 5 nitrogen and oxygen atoms in total. The molecule has 2 amide bonds. The van der Waals surface area contributed by atoms with Crippen LogP contribution in [0.2, 0.25) is 0 Å². The number of hydrogen-bond donors (Lipinski definition) is 0. The van der Waals surface area contributed by atoms with Crippen molar-refractivity contribution in [3.63, 3.8) is 0 Å². The normalized spacial score (nSPS) is 21.0. The molecule has 0 bridgehead atoms. The van der Waals surface area contributed by atoms with Crippen LogP contribution in [-0.4, -0.2) is 55.5 Å². The van der Waals surface area contributed by atoms with Crippen molar-refractivity contribution in [2.75, 3.05) is 33.9 Å². The van der Waals surface area contributed by atoms with Gasteiger partial charge in [0, 0.05) is 33.7 Å². The molecule has 1 aliphatic heterocycles. The number of nitrogens with zero attached hydrogens (tertiary/aromatic N) is 2. The van der Waals surface area contributed by atoms with Crippen LogP contribution >= 0.6 is 0 Å². The largest absolute Gasteiger partial charge is 0.383 e. The van der Waals surface area contributed by atoms with E-state index in [1.165, 1.54) is 0 Å². The molecule has 0 spiro atoms. The Morgan fingerprint density at radius 1 is 1.38 bits per heavy atom. The zero-order valence-corrected chi connectivity index (χ0v) is 15.1. The van der Waals surface area contributed by atoms with E-state index in [-0.39, 0.29) is 23.8 Å². The summed E-state index contributed by atoms with van der Waals surface area (Å²) in [5, 5.41) is 0. The van der Waals surface area contributed by atoms with Gasteiger partial charge in [-0.25, -0.2) is 0 Å². The summed E-state index contributed by atoms with van der Waals surface area (Å²) in [6, 6.07) is 7.81. The number of amides is 2. The van der Waals surface area contributed by atoms with Crippen molar-refractivity contribution in [2.24, 2.45) is 5.92 Å². The molecule has 0 N–H and O–H groups in total. The second kappa shape index (κ2) is 8.29. The van der Waals surface area contributed by atoms with E-state index >= 15 is 0 Å². The molecule has 132 valence electrons. The van der Waals surface area contributed by atoms with Gasteiger partial charge in [-0.2, -0.15) is 0 Å². The number of carbonyl (C=O) groups excluding carboxylic acids is 2. The lowest BCUT2D eigenvalue weighted by atomic mass is 9.81. The first-order valence-electron chi connectivity index (χ1n) is 8.60. The van der Waals surface area contributed by atoms with Crippen LogP contribution in [0.5, 0.6) is 0 Å². The van der Waals surface area contributed by atoms with E-state index in [1.54, 1.807) is 12.0 Å². The lowest BCUT2D eigenvalue weighted by molar-refractivity contribution is -0.148. The van der Waals surface area contributed by atoms with E-state index < -0.39 is 0 Å². The highest BCUT2D eigenvalue weighted by atomic mass is 16.5. The fourth-order valence-corrected chi connectivity index (χ4v) is 3.41. The smallest absolute Gasteiger partial charge is 0.227 e. The number of carbonyl (C=O) groups is 2. The number of methoxy groups -OCH3 is 1. The highest BCUT2D eigenvalue weighted by Crippen LogP contribution is 2.38. The summed E-state index contributed by atoms with van der Waals surface area (Å²) in [7, 11) is 3.46. The third-order valence-electron chi connectivity index (χ3n) is 4.92. The van der Waals surface area contributed by atoms with Gasteiger partial charge in [-0.15, -0.1) is 0 Å². The van der Waals surface area contributed by atoms with Crippen LogP contribution < -0.4 is 0 Å². The molecule has 0 radical (unpaired) electrons. The average Bonchev–Trinajstić information content (AvgIpc) is 2.59. The summed E-state index contributed by atoms with van der Waals surface area (Å²) in [5.41, 5.74) is 2.17. The fourth-order valence-electron chi connectivity index (χ4n) is 3.41. The van der Waals surface area contributed by atoms with Crippen LogP contribution in [0.15, 0.2) is 24.3 Å². The predicted octanol–water partition coefficient (Wildman–Crippen LogP) is 2.40. The molecule has 0 aromatic heterocycles. The summed E-state index contributed by atoms with van der Waals surface area (Å²) < 4.78 is 5.18. The summed E-state index contributed by atoms with van der Waals surface area (Å²) in [6.45, 7) is 5.65. The second-order valence-corrected chi connectivity index (χ2v) is 6.38. The van der Waals surface area contributed by atoms with Crippen LogP contribution in [-0.2, 0) is 14.3 Å². The first kappa shape index (κ1) is 18.5. The van der Waals surface area contributed by atoms with Crippen molar-refractivity contribution in [1.82, 2.24) is 9.80 Å². The lowest BCUT2D eigenvalue weighted by Gasteiger charge is -2.42. The van der Waals surface area contributed by atoms with Gasteiger partial charge in [-0.05, 0) is 31.4 Å². The van der Waals surface area contributed by atoms with Gasteiger partial charge < -0.3 is 14.5 Å². The summed E-state index contributed by atoms with van der Waals surface area (Å²) in [6.07, 6.45) is 1.02. The molecule has 24 heavy (non-hydrogen) atoms. The Balaban J connectivity index is 2.43. The van der Waals surface area contributed by atoms with Gasteiger partial charge >= 0.3 is 0 Å². The molecule has 1 aromatic rings. The number of likely N-dealkylation sites (tertiary alicyclic amines) is 1. The fraction of sp³-hybridized carbons (Fsp3) is 0.579. The van der Waals surface area contributed by atoms with E-state index in [4.69, 9.17) is 4.74 Å². The third kappa shape index (κ3) is 3.78. The zero-order chi connectivity index (χ0) is 17.7. The summed E-state index contributed by atoms with van der Waals surface area (Å²) in [5.74, 6) is 0.00906. The monoisotopic (exact) mass is 332 g/mol. The molecule has 0 saturated carbocycles. The predicted molar refractivity (Wildman–Crippen MR) is 93.5 cm³/mol. The van der Waals surface area contributed by atoms with E-state index in [9.17, 15) is 9.59 Å². The maximum absolute atomic E-state index is 12.9. The highest BCUT2D eigenvalue weighted by molar-refractivity contribution is 5.85. The van der Waals surface area contributed by atoms with Crippen molar-refractivity contribution in [3.05, 3.63) is 35.4 Å². The van der Waals surface area contributed by atoms with Gasteiger partial charge in [0.2, 0.25) is 11.8 Å². The molecule has 1 saturated heterocycles. The van der Waals surface area contributed by atoms with Crippen LogP contribution in [0, 0.1) is 12.8 Å². The van der Waals surface area contributed by atoms with Gasteiger partial charge in [0.15, 0.2) is 0 Å². The molecule has 0 unspecified atom stereocenters. The molecule has 2 rings (SSSR count). The Labute approximate surface area is 144 Å². The van der Waals surface area contributed by atoms with Crippen LogP contribution in [0.4, 0.5) is 0 Å². The molecular weight excluding hydrogens is 304 g/mol. The third-order valence-corrected chi connectivity index (χ3v) is 4.92. The van der Waals surface area contributed by atoms with E-state index in [0.29, 0.717) is 32.5 Å². The average molecular weight is 332 g/mol. The van der Waals surface area contributed by atoms with Crippen molar-refractivity contribution >= 4 is 11.8 Å². The minimum atomic E-state index is -0.218. The van der Waals surface area contributed by atoms with Crippen molar-refractivity contribution in [2.45, 2.75) is 32.7 Å². The summed E-state index contributed by atoms with van der Waals surface area (Å²) in [4.78, 5) is 29.0. The van der Waals surface area contributed by atoms with Gasteiger partial charge in [0.25, 0.3) is 0 Å². The van der Waals surface area contributed by atoms with E-state index in [1.807, 2.05) is 50.1 Å². The van der Waals surface area contributed by atoms with Crippen LogP contribution in [0.25, 0.3) is 0 Å². The van der Waals surface area contributed by atoms with Gasteiger partial charge in [0.05, 0.1) is 18.6 Å². The quantitative estimate of drug-likeness (QED) is 0.804. The molecule has 1 aromatic carbocycles. The maximum atomic E-state index is 12.9. The standard InChI is InChI=1S/C19H28N2O3/c1-5-20(3)19(23)16-10-11-17(22)21(12-13-24-4)18(16)15-9-7-6-8-14(15)2/h6-9,16,18H,5,10-13H2,1-4H3/t16-,18+/m1/s1. The number of aryl methyl sites for hydroxylation is 1. The highest BCUT2D eigenvalue weighted by Gasteiger charge is 2.41. The van der Waals surface area contributed by atoms with Crippen molar-refractivity contribution in [3.8, 4) is 0 Å². The molecule has 1 aliphatic rings. The summed E-state index contributed by atoms with van der Waals surface area (Å²) >= 11 is 0. The first-order valence-corrected chi connectivity index (χ1v) is 8.60. The van der Waals surface area contributed by atoms with E-state index in [0.717, 1.165) is 11.1 Å². The van der Waals surface area contributed by atoms with Crippen LogP contribution in [0.3, 0.4) is 0 Å². The maximum Gasteiger partial charge on any atom is 0.227 e. The Morgan fingerprint density at radius 3 is 2.71 bits per heavy atom. The molecule has 0 aliphatic carbocycles. The zero-order valence-electron chi connectivity index (χ0n) is 15.1. The molecule has 1 heterocycles.